The van der Waals surface area contributed by atoms with Crippen molar-refractivity contribution in [3.63, 3.8) is 0 Å². The van der Waals surface area contributed by atoms with Crippen molar-refractivity contribution < 1.29 is 10.2 Å². The zero-order chi connectivity index (χ0) is 26.1. The van der Waals surface area contributed by atoms with Gasteiger partial charge in [-0.3, -0.25) is 0 Å². The molecule has 0 unspecified atom stereocenters. The summed E-state index contributed by atoms with van der Waals surface area (Å²) in [5.41, 5.74) is 6.86. The summed E-state index contributed by atoms with van der Waals surface area (Å²) >= 11 is 0. The van der Waals surface area contributed by atoms with Gasteiger partial charge in [0.15, 0.2) is 0 Å². The van der Waals surface area contributed by atoms with Crippen LogP contribution in [0.5, 0.6) is 11.5 Å². The lowest BCUT2D eigenvalue weighted by Crippen LogP contribution is -2.28. The minimum absolute atomic E-state index is 0.269. The minimum Gasteiger partial charge on any atom is -0.508 e. The average molecular weight is 501 g/mol. The Hall–Kier alpha value is -5.08. The quantitative estimate of drug-likeness (QED) is 0.249. The third-order valence-corrected chi connectivity index (χ3v) is 8.45. The maximum Gasteiger partial charge on any atom is 0.116 e. The second-order valence-corrected chi connectivity index (χ2v) is 10.5. The maximum absolute atomic E-state index is 10.1. The topological polar surface area (TPSA) is 40.5 Å². The Morgan fingerprint density at radius 1 is 0.410 bits per heavy atom. The van der Waals surface area contributed by atoms with E-state index in [1.807, 2.05) is 24.3 Å². The predicted octanol–water partition coefficient (Wildman–Crippen LogP) is 8.92. The molecule has 184 valence electrons. The lowest BCUT2D eigenvalue weighted by atomic mass is 9.67. The van der Waals surface area contributed by atoms with E-state index in [1.54, 1.807) is 12.1 Å². The van der Waals surface area contributed by atoms with Crippen molar-refractivity contribution in [1.82, 2.24) is 0 Å². The van der Waals surface area contributed by atoms with Gasteiger partial charge < -0.3 is 10.2 Å². The summed E-state index contributed by atoms with van der Waals surface area (Å²) in [7, 11) is 0. The van der Waals surface area contributed by atoms with Gasteiger partial charge in [0.05, 0.1) is 5.41 Å². The summed E-state index contributed by atoms with van der Waals surface area (Å²) in [5.74, 6) is 0.538. The highest BCUT2D eigenvalue weighted by Crippen LogP contribution is 2.58. The number of phenolic OH excluding ortho intramolecular Hbond substituents is 2. The molecule has 1 aliphatic carbocycles. The van der Waals surface area contributed by atoms with Crippen LogP contribution in [0.3, 0.4) is 0 Å². The molecular weight excluding hydrogens is 476 g/mol. The molecule has 0 heterocycles. The van der Waals surface area contributed by atoms with Crippen LogP contribution in [0.4, 0.5) is 0 Å². The highest BCUT2D eigenvalue weighted by Gasteiger charge is 2.46. The second-order valence-electron chi connectivity index (χ2n) is 10.5. The molecule has 0 amide bonds. The van der Waals surface area contributed by atoms with Gasteiger partial charge in [0.1, 0.15) is 11.5 Å². The van der Waals surface area contributed by atoms with Crippen LogP contribution < -0.4 is 0 Å². The molecule has 39 heavy (non-hydrogen) atoms. The Morgan fingerprint density at radius 3 is 1.64 bits per heavy atom. The number of phenols is 2. The van der Waals surface area contributed by atoms with Crippen LogP contribution in [-0.2, 0) is 5.41 Å². The van der Waals surface area contributed by atoms with Gasteiger partial charge in [-0.2, -0.15) is 0 Å². The first-order chi connectivity index (χ1) is 19.1. The summed E-state index contributed by atoms with van der Waals surface area (Å²) in [6.45, 7) is 0. The van der Waals surface area contributed by atoms with E-state index in [1.165, 1.54) is 44.2 Å². The summed E-state index contributed by atoms with van der Waals surface area (Å²) in [5, 5.41) is 26.9. The Balaban J connectivity index is 1.55. The molecule has 0 atom stereocenters. The molecule has 2 N–H and O–H groups in total. The van der Waals surface area contributed by atoms with E-state index in [0.29, 0.717) is 0 Å². The molecule has 1 aliphatic rings. The van der Waals surface area contributed by atoms with E-state index in [-0.39, 0.29) is 11.5 Å². The van der Waals surface area contributed by atoms with Gasteiger partial charge in [0, 0.05) is 0 Å². The van der Waals surface area contributed by atoms with E-state index in [4.69, 9.17) is 0 Å². The molecule has 7 aromatic carbocycles. The maximum atomic E-state index is 10.1. The van der Waals surface area contributed by atoms with Gasteiger partial charge >= 0.3 is 0 Å². The van der Waals surface area contributed by atoms with Crippen molar-refractivity contribution in [2.24, 2.45) is 0 Å². The first-order valence-electron chi connectivity index (χ1n) is 13.2. The van der Waals surface area contributed by atoms with Crippen molar-refractivity contribution in [3.8, 4) is 22.6 Å². The van der Waals surface area contributed by atoms with Crippen molar-refractivity contribution in [2.45, 2.75) is 5.41 Å². The first kappa shape index (κ1) is 22.0. The fraction of sp³-hybridized carbons (Fsp3) is 0.0270. The smallest absolute Gasteiger partial charge is 0.116 e. The molecule has 0 saturated heterocycles. The van der Waals surface area contributed by atoms with Gasteiger partial charge in [-0.1, -0.05) is 97.1 Å². The number of aromatic hydroxyl groups is 2. The van der Waals surface area contributed by atoms with Gasteiger partial charge in [-0.25, -0.2) is 0 Å². The summed E-state index contributed by atoms with van der Waals surface area (Å²) < 4.78 is 0. The fourth-order valence-corrected chi connectivity index (χ4v) is 6.77. The van der Waals surface area contributed by atoms with Gasteiger partial charge in [0.25, 0.3) is 0 Å². The summed E-state index contributed by atoms with van der Waals surface area (Å²) in [6.07, 6.45) is 0. The summed E-state index contributed by atoms with van der Waals surface area (Å²) in [6, 6.07) is 46.3. The van der Waals surface area contributed by atoms with Crippen LogP contribution >= 0.6 is 0 Å². The molecule has 2 heteroatoms. The van der Waals surface area contributed by atoms with E-state index in [2.05, 4.69) is 97.1 Å². The van der Waals surface area contributed by atoms with Gasteiger partial charge in [-0.05, 0) is 102 Å². The van der Waals surface area contributed by atoms with Gasteiger partial charge in [-0.15, -0.1) is 0 Å². The summed E-state index contributed by atoms with van der Waals surface area (Å²) in [4.78, 5) is 0. The monoisotopic (exact) mass is 500 g/mol. The highest BCUT2D eigenvalue weighted by atomic mass is 16.3. The SMILES string of the molecule is Oc1ccc2cc(C3(c4ccc5cc(O)ccc5c4)c4ccccc4-c4c3ccc3ccccc43)ccc2c1. The van der Waals surface area contributed by atoms with Crippen LogP contribution in [0.15, 0.2) is 133 Å². The molecule has 2 nitrogen and oxygen atoms in total. The highest BCUT2D eigenvalue weighted by molar-refractivity contribution is 6.04. The average Bonchev–Trinajstić information content (AvgIpc) is 3.28. The van der Waals surface area contributed by atoms with Crippen LogP contribution in [0.25, 0.3) is 43.4 Å². The van der Waals surface area contributed by atoms with Crippen LogP contribution in [0, 0.1) is 0 Å². The number of fused-ring (bicyclic) bond motifs is 7. The molecule has 0 spiro atoms. The predicted molar refractivity (Wildman–Crippen MR) is 160 cm³/mol. The largest absolute Gasteiger partial charge is 0.508 e. The third kappa shape index (κ3) is 3.03. The minimum atomic E-state index is -0.548. The van der Waals surface area contributed by atoms with Crippen LogP contribution in [-0.4, -0.2) is 10.2 Å². The van der Waals surface area contributed by atoms with Crippen LogP contribution in [0.1, 0.15) is 22.3 Å². The number of benzene rings is 7. The molecule has 0 radical (unpaired) electrons. The molecule has 0 aromatic heterocycles. The van der Waals surface area contributed by atoms with Crippen LogP contribution in [0.2, 0.25) is 0 Å². The van der Waals surface area contributed by atoms with E-state index in [9.17, 15) is 10.2 Å². The van der Waals surface area contributed by atoms with Crippen molar-refractivity contribution >= 4 is 32.3 Å². The normalized spacial score (nSPS) is 13.5. The van der Waals surface area contributed by atoms with Crippen molar-refractivity contribution in [3.05, 3.63) is 156 Å². The Labute approximate surface area is 226 Å². The van der Waals surface area contributed by atoms with Crippen molar-refractivity contribution in [2.75, 3.05) is 0 Å². The number of hydrogen-bond donors (Lipinski definition) is 2. The lowest BCUT2D eigenvalue weighted by molar-refractivity contribution is 0.475. The molecule has 7 aromatic rings. The molecule has 0 bridgehead atoms. The molecule has 0 fully saturated rings. The molecule has 8 rings (SSSR count). The lowest BCUT2D eigenvalue weighted by Gasteiger charge is -2.34. The number of rotatable bonds is 2. The van der Waals surface area contributed by atoms with E-state index < -0.39 is 5.41 Å². The Bertz CT molecular complexity index is 2020. The van der Waals surface area contributed by atoms with E-state index >= 15 is 0 Å². The standard InChI is InChI=1S/C37H24O2/c38-30-16-11-24-19-28(14-9-26(24)21-30)37(29-15-10-27-22-31(39)17-12-25(27)20-29)34-8-4-3-7-33(34)36-32-6-2-1-5-23(32)13-18-35(36)37/h1-22,38-39H. The van der Waals surface area contributed by atoms with E-state index in [0.717, 1.165) is 21.5 Å². The Morgan fingerprint density at radius 2 is 0.949 bits per heavy atom. The molecular formula is C37H24O2. The second kappa shape index (κ2) is 7.96. The fourth-order valence-electron chi connectivity index (χ4n) is 6.77. The van der Waals surface area contributed by atoms with Gasteiger partial charge in [0.2, 0.25) is 0 Å². The Kier molecular flexibility index (Phi) is 4.48. The number of hydrogen-bond acceptors (Lipinski definition) is 2. The zero-order valence-electron chi connectivity index (χ0n) is 21.1. The first-order valence-corrected chi connectivity index (χ1v) is 13.2. The third-order valence-electron chi connectivity index (χ3n) is 8.45. The van der Waals surface area contributed by atoms with Crippen molar-refractivity contribution in [1.29, 1.82) is 0 Å². The zero-order valence-corrected chi connectivity index (χ0v) is 21.1. The molecule has 0 saturated carbocycles. The molecule has 0 aliphatic heterocycles.